The molecule has 2 aromatic heterocycles. The number of aliphatic hydroxyl groups excluding tert-OH is 1. The molecule has 57 heavy (non-hydrogen) atoms. The summed E-state index contributed by atoms with van der Waals surface area (Å²) in [7, 11) is 0. The van der Waals surface area contributed by atoms with Gasteiger partial charge in [0.2, 0.25) is 0 Å². The number of benzene rings is 4. The molecule has 0 amide bonds. The molecule has 0 atom stereocenters. The average Bonchev–Trinajstić information content (AvgIpc) is 3.82. The van der Waals surface area contributed by atoms with E-state index >= 15 is 0 Å². The van der Waals surface area contributed by atoms with Crippen molar-refractivity contribution < 1.29 is 58.9 Å². The van der Waals surface area contributed by atoms with Crippen LogP contribution in [0.25, 0.3) is 33.8 Å². The maximum absolute atomic E-state index is 13.9. The van der Waals surface area contributed by atoms with E-state index in [9.17, 15) is 59.1 Å². The third-order valence-electron chi connectivity index (χ3n) is 7.24. The van der Waals surface area contributed by atoms with Crippen LogP contribution in [0, 0.1) is 45.9 Å². The topological polar surface area (TPSA) is 131 Å². The SMILES string of the molecule is N#C/C(=C(/O)c1ccccc1C(F)(F)F)c1nc(-c2c(F)cccc2F)cs1.N#CCc1nc(-c2c(F)cccc2F)cs1.O=C(O)c1ccccc1C(F)(F)F. The molecular formula is C38H20F10N4O3S2. The first-order valence-electron chi connectivity index (χ1n) is 15.4. The van der Waals surface area contributed by atoms with E-state index in [0.717, 1.165) is 59.9 Å². The van der Waals surface area contributed by atoms with Gasteiger partial charge in [-0.15, -0.1) is 22.7 Å². The van der Waals surface area contributed by atoms with Crippen molar-refractivity contribution in [2.24, 2.45) is 0 Å². The van der Waals surface area contributed by atoms with E-state index in [1.165, 1.54) is 53.1 Å². The number of carboxylic acid groups (broad SMARTS) is 1. The summed E-state index contributed by atoms with van der Waals surface area (Å²) in [6, 6.07) is 18.7. The van der Waals surface area contributed by atoms with Gasteiger partial charge in [0.05, 0.1) is 51.7 Å². The smallest absolute Gasteiger partial charge is 0.417 e. The van der Waals surface area contributed by atoms with Gasteiger partial charge in [0.15, 0.2) is 0 Å². The number of carbonyl (C=O) groups is 1. The lowest BCUT2D eigenvalue weighted by atomic mass is 10.0. The zero-order valence-corrected chi connectivity index (χ0v) is 29.8. The maximum atomic E-state index is 13.9. The third kappa shape index (κ3) is 10.6. The molecule has 292 valence electrons. The van der Waals surface area contributed by atoms with Crippen LogP contribution in [0.1, 0.15) is 37.1 Å². The molecule has 6 rings (SSSR count). The summed E-state index contributed by atoms with van der Waals surface area (Å²) in [4.78, 5) is 18.3. The standard InChI is InChI=1S/C19H9F5N2OS.C11H6F2N2S.C8H5F3O2/c20-13-6-3-7-14(21)16(13)15-9-28-18(26-15)11(8-25)17(27)10-4-1-2-5-12(10)19(22,23)24;12-7-2-1-3-8(13)11(7)9-6-16-10(15-9)4-5-14;9-8(10,11)6-4-2-1-3-5(6)7(12)13/h1-7,9,27H;1-3,6H,4H2;1-4H,(H,12,13)/b17-11-;;. The number of hydrogen-bond donors (Lipinski definition) is 2. The first-order valence-corrected chi connectivity index (χ1v) is 17.2. The van der Waals surface area contributed by atoms with Crippen LogP contribution in [0.4, 0.5) is 43.9 Å². The fourth-order valence-electron chi connectivity index (χ4n) is 4.75. The normalized spacial score (nSPS) is 11.5. The number of alkyl halides is 6. The van der Waals surface area contributed by atoms with Gasteiger partial charge in [-0.3, -0.25) is 0 Å². The number of hydrogen-bond acceptors (Lipinski definition) is 8. The molecule has 7 nitrogen and oxygen atoms in total. The predicted molar refractivity (Wildman–Crippen MR) is 189 cm³/mol. The monoisotopic (exact) mass is 834 g/mol. The lowest BCUT2D eigenvalue weighted by molar-refractivity contribution is -0.138. The molecule has 0 fully saturated rings. The summed E-state index contributed by atoms with van der Waals surface area (Å²) in [5.41, 5.74) is -4.58. The lowest BCUT2D eigenvalue weighted by Gasteiger charge is -2.12. The molecule has 0 spiro atoms. The van der Waals surface area contributed by atoms with Gasteiger partial charge >= 0.3 is 18.3 Å². The van der Waals surface area contributed by atoms with Crippen molar-refractivity contribution >= 4 is 40.0 Å². The Morgan fingerprint density at radius 3 is 1.51 bits per heavy atom. The molecule has 0 saturated carbocycles. The highest BCUT2D eigenvalue weighted by Gasteiger charge is 2.36. The molecule has 6 aromatic rings. The van der Waals surface area contributed by atoms with Crippen LogP contribution in [-0.2, 0) is 18.8 Å². The van der Waals surface area contributed by atoms with Gasteiger partial charge in [-0.25, -0.2) is 32.3 Å². The number of rotatable bonds is 6. The van der Waals surface area contributed by atoms with Crippen LogP contribution in [0.5, 0.6) is 0 Å². The Morgan fingerprint density at radius 2 is 1.07 bits per heavy atom. The summed E-state index contributed by atoms with van der Waals surface area (Å²) in [6.45, 7) is 0. The van der Waals surface area contributed by atoms with E-state index in [4.69, 9.17) is 10.4 Å². The van der Waals surface area contributed by atoms with E-state index in [1.807, 2.05) is 6.07 Å². The Bertz CT molecular complexity index is 2480. The second kappa shape index (κ2) is 18.4. The fourth-order valence-corrected chi connectivity index (χ4v) is 6.28. The third-order valence-corrected chi connectivity index (χ3v) is 8.95. The summed E-state index contributed by atoms with van der Waals surface area (Å²) in [6.07, 6.45) is -9.22. The summed E-state index contributed by atoms with van der Waals surface area (Å²) in [5, 5.41) is 39.8. The Balaban J connectivity index is 0.000000209. The zero-order chi connectivity index (χ0) is 42.1. The van der Waals surface area contributed by atoms with Gasteiger partial charge in [0.25, 0.3) is 0 Å². The van der Waals surface area contributed by atoms with E-state index in [1.54, 1.807) is 11.4 Å². The number of nitriles is 2. The lowest BCUT2D eigenvalue weighted by Crippen LogP contribution is -2.12. The van der Waals surface area contributed by atoms with Crippen molar-refractivity contribution in [1.82, 2.24) is 9.97 Å². The Hall–Kier alpha value is -6.57. The van der Waals surface area contributed by atoms with Crippen LogP contribution in [-0.4, -0.2) is 26.2 Å². The van der Waals surface area contributed by atoms with Gasteiger partial charge < -0.3 is 10.2 Å². The molecule has 0 aliphatic heterocycles. The Kier molecular flexibility index (Phi) is 13.9. The summed E-state index contributed by atoms with van der Waals surface area (Å²) >= 11 is 1.98. The van der Waals surface area contributed by atoms with Gasteiger partial charge in [-0.2, -0.15) is 36.9 Å². The van der Waals surface area contributed by atoms with Gasteiger partial charge in [-0.05, 0) is 42.5 Å². The number of halogens is 10. The molecule has 19 heteroatoms. The highest BCUT2D eigenvalue weighted by atomic mass is 32.1. The molecule has 0 bridgehead atoms. The predicted octanol–water partition coefficient (Wildman–Crippen LogP) is 11.6. The quantitative estimate of drug-likeness (QED) is 0.0970. The van der Waals surface area contributed by atoms with E-state index < -0.39 is 80.7 Å². The van der Waals surface area contributed by atoms with E-state index in [-0.39, 0.29) is 28.4 Å². The van der Waals surface area contributed by atoms with E-state index in [0.29, 0.717) is 5.01 Å². The maximum Gasteiger partial charge on any atom is 0.417 e. The number of aliphatic hydroxyl groups is 1. The number of aromatic carboxylic acids is 1. The first kappa shape index (κ1) is 43.2. The van der Waals surface area contributed by atoms with Crippen LogP contribution in [0.2, 0.25) is 0 Å². The minimum absolute atomic E-state index is 0.136. The first-order chi connectivity index (χ1) is 26.9. The molecule has 2 heterocycles. The molecular weight excluding hydrogens is 815 g/mol. The Morgan fingerprint density at radius 1 is 0.632 bits per heavy atom. The van der Waals surface area contributed by atoms with Crippen molar-refractivity contribution in [2.75, 3.05) is 0 Å². The van der Waals surface area contributed by atoms with Crippen molar-refractivity contribution in [3.8, 4) is 34.7 Å². The van der Waals surface area contributed by atoms with Crippen LogP contribution in [0.15, 0.2) is 95.7 Å². The van der Waals surface area contributed by atoms with Crippen LogP contribution < -0.4 is 0 Å². The summed E-state index contributed by atoms with van der Waals surface area (Å²) < 4.78 is 131. The van der Waals surface area contributed by atoms with Gasteiger partial charge in [0.1, 0.15) is 50.7 Å². The van der Waals surface area contributed by atoms with Crippen molar-refractivity contribution in [3.05, 3.63) is 151 Å². The minimum Gasteiger partial charge on any atom is -0.506 e. The highest BCUT2D eigenvalue weighted by Crippen LogP contribution is 2.38. The number of aromatic nitrogens is 2. The number of nitrogens with zero attached hydrogens (tertiary/aromatic N) is 4. The minimum atomic E-state index is -4.75. The molecule has 0 aliphatic rings. The van der Waals surface area contributed by atoms with Crippen LogP contribution >= 0.6 is 22.7 Å². The number of thiazole rings is 2. The summed E-state index contributed by atoms with van der Waals surface area (Å²) in [5.74, 6) is -5.56. The fraction of sp³-hybridized carbons (Fsp3) is 0.0789. The van der Waals surface area contributed by atoms with Gasteiger partial charge in [-0.1, -0.05) is 42.5 Å². The Labute approximate surface area is 323 Å². The second-order valence-electron chi connectivity index (χ2n) is 10.9. The second-order valence-corrected chi connectivity index (χ2v) is 12.7. The highest BCUT2D eigenvalue weighted by molar-refractivity contribution is 7.11. The van der Waals surface area contributed by atoms with Crippen molar-refractivity contribution in [2.45, 2.75) is 18.8 Å². The van der Waals surface area contributed by atoms with Gasteiger partial charge in [0, 0.05) is 16.3 Å². The van der Waals surface area contributed by atoms with Crippen LogP contribution in [0.3, 0.4) is 0 Å². The van der Waals surface area contributed by atoms with Crippen molar-refractivity contribution in [3.63, 3.8) is 0 Å². The molecule has 0 saturated heterocycles. The number of allylic oxidation sites excluding steroid dienone is 1. The molecule has 2 N–H and O–H groups in total. The van der Waals surface area contributed by atoms with Crippen molar-refractivity contribution in [1.29, 1.82) is 10.5 Å². The molecule has 0 aliphatic carbocycles. The largest absolute Gasteiger partial charge is 0.506 e. The molecule has 0 radical (unpaired) electrons. The molecule has 0 unspecified atom stereocenters. The van der Waals surface area contributed by atoms with E-state index in [2.05, 4.69) is 9.97 Å². The zero-order valence-electron chi connectivity index (χ0n) is 28.1. The molecule has 4 aromatic carbocycles. The number of carboxylic acids is 1. The average molecular weight is 835 g/mol.